The van der Waals surface area contributed by atoms with Gasteiger partial charge in [-0.15, -0.1) is 0 Å². The van der Waals surface area contributed by atoms with Gasteiger partial charge >= 0.3 is 5.97 Å². The molecule has 0 N–H and O–H groups in total. The van der Waals surface area contributed by atoms with E-state index in [4.69, 9.17) is 16.3 Å². The lowest BCUT2D eigenvalue weighted by atomic mass is 10.0. The van der Waals surface area contributed by atoms with Crippen LogP contribution in [0.15, 0.2) is 10.6 Å². The Hall–Kier alpha value is -0.500. The fourth-order valence-corrected chi connectivity index (χ4v) is 2.22. The van der Waals surface area contributed by atoms with Crippen LogP contribution in [0.2, 0.25) is 0 Å². The van der Waals surface area contributed by atoms with E-state index in [1.807, 2.05) is 0 Å². The summed E-state index contributed by atoms with van der Waals surface area (Å²) in [7, 11) is 1.42. The van der Waals surface area contributed by atoms with E-state index in [9.17, 15) is 4.79 Å². The number of esters is 1. The second kappa shape index (κ2) is 6.89. The van der Waals surface area contributed by atoms with Gasteiger partial charge in [0, 0.05) is 5.03 Å². The van der Waals surface area contributed by atoms with Crippen molar-refractivity contribution in [3.8, 4) is 0 Å². The molecule has 0 spiro atoms. The van der Waals surface area contributed by atoms with Gasteiger partial charge < -0.3 is 4.74 Å². The van der Waals surface area contributed by atoms with Crippen LogP contribution < -0.4 is 0 Å². The molecular formula is C12H19ClO2. The SMILES string of the molecule is COC(=O)/C1=C(\Cl)CCCCCCCC1. The number of rotatable bonds is 1. The number of carbonyl (C=O) groups excluding carboxylic acids is 1. The minimum absolute atomic E-state index is 0.249. The summed E-state index contributed by atoms with van der Waals surface area (Å²) in [4.78, 5) is 11.5. The van der Waals surface area contributed by atoms with Crippen molar-refractivity contribution in [2.45, 2.75) is 51.4 Å². The summed E-state index contributed by atoms with van der Waals surface area (Å²) in [6, 6.07) is 0. The van der Waals surface area contributed by atoms with E-state index in [1.165, 1.54) is 32.8 Å². The number of methoxy groups -OCH3 is 1. The molecule has 0 saturated heterocycles. The molecule has 0 unspecified atom stereocenters. The van der Waals surface area contributed by atoms with E-state index in [0.29, 0.717) is 10.6 Å². The third-order valence-corrected chi connectivity index (χ3v) is 3.25. The highest BCUT2D eigenvalue weighted by molar-refractivity contribution is 6.31. The standard InChI is InChI=1S/C12H19ClO2/c1-15-12(14)10-8-6-4-2-3-5-7-9-11(10)13/h2-9H2,1H3/b11-10-. The Morgan fingerprint density at radius 2 is 1.60 bits per heavy atom. The average molecular weight is 231 g/mol. The Morgan fingerprint density at radius 1 is 1.07 bits per heavy atom. The van der Waals surface area contributed by atoms with Crippen molar-refractivity contribution in [3.63, 3.8) is 0 Å². The van der Waals surface area contributed by atoms with Gasteiger partial charge in [0.25, 0.3) is 0 Å². The summed E-state index contributed by atoms with van der Waals surface area (Å²) in [5.74, 6) is -0.249. The highest BCUT2D eigenvalue weighted by Crippen LogP contribution is 2.25. The Bertz CT molecular complexity index is 246. The molecule has 0 amide bonds. The molecule has 0 aromatic heterocycles. The van der Waals surface area contributed by atoms with E-state index in [2.05, 4.69) is 0 Å². The molecule has 1 aliphatic rings. The molecule has 86 valence electrons. The van der Waals surface area contributed by atoms with Gasteiger partial charge in [-0.3, -0.25) is 0 Å². The first-order valence-electron chi connectivity index (χ1n) is 5.71. The van der Waals surface area contributed by atoms with Crippen molar-refractivity contribution in [2.24, 2.45) is 0 Å². The topological polar surface area (TPSA) is 26.3 Å². The lowest BCUT2D eigenvalue weighted by Crippen LogP contribution is -2.07. The van der Waals surface area contributed by atoms with E-state index < -0.39 is 0 Å². The molecule has 0 aromatic rings. The molecule has 1 rings (SSSR count). The van der Waals surface area contributed by atoms with Crippen molar-refractivity contribution >= 4 is 17.6 Å². The number of hydrogen-bond donors (Lipinski definition) is 0. The first-order chi connectivity index (χ1) is 7.25. The zero-order valence-electron chi connectivity index (χ0n) is 9.35. The third kappa shape index (κ3) is 4.25. The Kier molecular flexibility index (Phi) is 5.77. The van der Waals surface area contributed by atoms with Gasteiger partial charge in [-0.2, -0.15) is 0 Å². The minimum Gasteiger partial charge on any atom is -0.466 e. The van der Waals surface area contributed by atoms with Crippen LogP contribution in [-0.2, 0) is 9.53 Å². The lowest BCUT2D eigenvalue weighted by Gasteiger charge is -2.11. The first-order valence-corrected chi connectivity index (χ1v) is 6.09. The molecule has 0 heterocycles. The lowest BCUT2D eigenvalue weighted by molar-refractivity contribution is -0.136. The molecule has 0 radical (unpaired) electrons. The van der Waals surface area contributed by atoms with Crippen molar-refractivity contribution < 1.29 is 9.53 Å². The number of ether oxygens (including phenoxy) is 1. The van der Waals surface area contributed by atoms with Crippen molar-refractivity contribution in [1.82, 2.24) is 0 Å². The summed E-state index contributed by atoms with van der Waals surface area (Å²) in [5.41, 5.74) is 0.695. The fraction of sp³-hybridized carbons (Fsp3) is 0.750. The van der Waals surface area contributed by atoms with Gasteiger partial charge in [0.2, 0.25) is 0 Å². The number of halogens is 1. The summed E-state index contributed by atoms with van der Waals surface area (Å²) in [5, 5.41) is 0.712. The molecule has 15 heavy (non-hydrogen) atoms. The van der Waals surface area contributed by atoms with Crippen LogP contribution in [0.25, 0.3) is 0 Å². The van der Waals surface area contributed by atoms with Crippen LogP contribution in [0.4, 0.5) is 0 Å². The normalized spacial score (nSPS) is 24.7. The number of hydrogen-bond acceptors (Lipinski definition) is 2. The highest BCUT2D eigenvalue weighted by atomic mass is 35.5. The van der Waals surface area contributed by atoms with Gasteiger partial charge in [0.05, 0.1) is 12.7 Å². The van der Waals surface area contributed by atoms with Crippen LogP contribution in [0.5, 0.6) is 0 Å². The average Bonchev–Trinajstić information content (AvgIpc) is 2.26. The second-order valence-corrected chi connectivity index (χ2v) is 4.45. The Morgan fingerprint density at radius 3 is 2.20 bits per heavy atom. The van der Waals surface area contributed by atoms with Gasteiger partial charge in [-0.1, -0.05) is 37.3 Å². The third-order valence-electron chi connectivity index (χ3n) is 2.83. The van der Waals surface area contributed by atoms with E-state index in [1.54, 1.807) is 0 Å². The largest absolute Gasteiger partial charge is 0.466 e. The van der Waals surface area contributed by atoms with Crippen molar-refractivity contribution in [3.05, 3.63) is 10.6 Å². The Labute approximate surface area is 96.6 Å². The highest BCUT2D eigenvalue weighted by Gasteiger charge is 2.15. The van der Waals surface area contributed by atoms with Gasteiger partial charge in [-0.05, 0) is 25.7 Å². The smallest absolute Gasteiger partial charge is 0.334 e. The molecule has 1 aliphatic carbocycles. The maximum absolute atomic E-state index is 11.5. The molecule has 3 heteroatoms. The molecule has 0 aliphatic heterocycles. The monoisotopic (exact) mass is 230 g/mol. The molecule has 2 nitrogen and oxygen atoms in total. The van der Waals surface area contributed by atoms with Crippen molar-refractivity contribution in [1.29, 1.82) is 0 Å². The van der Waals surface area contributed by atoms with Crippen LogP contribution in [0.1, 0.15) is 51.4 Å². The first kappa shape index (κ1) is 12.6. The predicted molar refractivity (Wildman–Crippen MR) is 61.8 cm³/mol. The predicted octanol–water partition coefficient (Wildman–Crippen LogP) is 3.79. The molecule has 0 fully saturated rings. The summed E-state index contributed by atoms with van der Waals surface area (Å²) in [6.07, 6.45) is 8.68. The zero-order valence-corrected chi connectivity index (χ0v) is 10.1. The molecular weight excluding hydrogens is 212 g/mol. The number of allylic oxidation sites excluding steroid dienone is 1. The molecule has 0 atom stereocenters. The number of carbonyl (C=O) groups is 1. The maximum Gasteiger partial charge on any atom is 0.334 e. The van der Waals surface area contributed by atoms with E-state index >= 15 is 0 Å². The summed E-state index contributed by atoms with van der Waals surface area (Å²) >= 11 is 6.14. The van der Waals surface area contributed by atoms with Crippen LogP contribution in [0.3, 0.4) is 0 Å². The van der Waals surface area contributed by atoms with Crippen LogP contribution in [0, 0.1) is 0 Å². The van der Waals surface area contributed by atoms with Gasteiger partial charge in [-0.25, -0.2) is 4.79 Å². The van der Waals surface area contributed by atoms with E-state index in [-0.39, 0.29) is 5.97 Å². The fourth-order valence-electron chi connectivity index (χ4n) is 1.91. The summed E-state index contributed by atoms with van der Waals surface area (Å²) < 4.78 is 4.75. The molecule has 0 bridgehead atoms. The van der Waals surface area contributed by atoms with Crippen LogP contribution >= 0.6 is 11.6 Å². The quantitative estimate of drug-likeness (QED) is 0.641. The van der Waals surface area contributed by atoms with Crippen LogP contribution in [-0.4, -0.2) is 13.1 Å². The summed E-state index contributed by atoms with van der Waals surface area (Å²) in [6.45, 7) is 0. The minimum atomic E-state index is -0.249. The molecule has 0 aromatic carbocycles. The molecule has 0 saturated carbocycles. The Balaban J connectivity index is 2.69. The van der Waals surface area contributed by atoms with Gasteiger partial charge in [0.15, 0.2) is 0 Å². The van der Waals surface area contributed by atoms with Crippen molar-refractivity contribution in [2.75, 3.05) is 7.11 Å². The maximum atomic E-state index is 11.5. The van der Waals surface area contributed by atoms with E-state index in [0.717, 1.165) is 25.7 Å². The van der Waals surface area contributed by atoms with Gasteiger partial charge in [0.1, 0.15) is 0 Å². The zero-order chi connectivity index (χ0) is 11.1. The second-order valence-electron chi connectivity index (χ2n) is 4.00.